The summed E-state index contributed by atoms with van der Waals surface area (Å²) < 4.78 is 44.6. The average Bonchev–Trinajstić information content (AvgIpc) is 2.61. The first-order chi connectivity index (χ1) is 12.3. The SMILES string of the molecule is FC(F)(F)c1ccc(N2CCOCC2)c(N=Cc2ccc(Cl)cc2Cl)c1. The fourth-order valence-electron chi connectivity index (χ4n) is 2.62. The van der Waals surface area contributed by atoms with Gasteiger partial charge in [0.15, 0.2) is 0 Å². The van der Waals surface area contributed by atoms with Gasteiger partial charge in [-0.15, -0.1) is 0 Å². The Hall–Kier alpha value is -1.76. The molecule has 1 fully saturated rings. The maximum Gasteiger partial charge on any atom is 0.416 e. The Balaban J connectivity index is 1.99. The van der Waals surface area contributed by atoms with E-state index in [9.17, 15) is 13.2 Å². The molecule has 2 aromatic rings. The number of halogens is 5. The highest BCUT2D eigenvalue weighted by Crippen LogP contribution is 2.37. The number of morpholine rings is 1. The molecule has 0 unspecified atom stereocenters. The first-order valence-corrected chi connectivity index (χ1v) is 8.63. The monoisotopic (exact) mass is 402 g/mol. The fraction of sp³-hybridized carbons (Fsp3) is 0.278. The summed E-state index contributed by atoms with van der Waals surface area (Å²) in [7, 11) is 0. The summed E-state index contributed by atoms with van der Waals surface area (Å²) in [6.45, 7) is 2.23. The Kier molecular flexibility index (Phi) is 5.75. The third-order valence-corrected chi connectivity index (χ3v) is 4.52. The molecule has 0 aromatic heterocycles. The van der Waals surface area contributed by atoms with Crippen molar-refractivity contribution in [2.75, 3.05) is 31.2 Å². The lowest BCUT2D eigenvalue weighted by atomic mass is 10.1. The smallest absolute Gasteiger partial charge is 0.378 e. The topological polar surface area (TPSA) is 24.8 Å². The van der Waals surface area contributed by atoms with Crippen LogP contribution in [0.5, 0.6) is 0 Å². The van der Waals surface area contributed by atoms with Gasteiger partial charge in [-0.25, -0.2) is 0 Å². The van der Waals surface area contributed by atoms with Gasteiger partial charge >= 0.3 is 6.18 Å². The van der Waals surface area contributed by atoms with E-state index in [2.05, 4.69) is 4.99 Å². The van der Waals surface area contributed by atoms with Gasteiger partial charge in [0.05, 0.1) is 35.2 Å². The molecule has 3 rings (SSSR count). The van der Waals surface area contributed by atoms with Crippen LogP contribution in [0.1, 0.15) is 11.1 Å². The van der Waals surface area contributed by atoms with Crippen LogP contribution in [0.25, 0.3) is 0 Å². The number of anilines is 1. The Morgan fingerprint density at radius 3 is 2.42 bits per heavy atom. The molecular weight excluding hydrogens is 388 g/mol. The fourth-order valence-corrected chi connectivity index (χ4v) is 3.08. The number of aliphatic imine (C=N–C) groups is 1. The number of hydrogen-bond acceptors (Lipinski definition) is 3. The van der Waals surface area contributed by atoms with Crippen LogP contribution in [0.3, 0.4) is 0 Å². The Labute approximate surface area is 159 Å². The summed E-state index contributed by atoms with van der Waals surface area (Å²) in [5, 5.41) is 0.848. The summed E-state index contributed by atoms with van der Waals surface area (Å²) in [4.78, 5) is 6.24. The molecule has 0 aliphatic carbocycles. The van der Waals surface area contributed by atoms with E-state index in [1.54, 1.807) is 18.2 Å². The van der Waals surface area contributed by atoms with Crippen molar-refractivity contribution < 1.29 is 17.9 Å². The third kappa shape index (κ3) is 4.50. The molecule has 0 radical (unpaired) electrons. The largest absolute Gasteiger partial charge is 0.416 e. The van der Waals surface area contributed by atoms with E-state index in [0.717, 1.165) is 12.1 Å². The van der Waals surface area contributed by atoms with E-state index in [1.807, 2.05) is 4.90 Å². The lowest BCUT2D eigenvalue weighted by molar-refractivity contribution is -0.137. The van der Waals surface area contributed by atoms with Crippen LogP contribution < -0.4 is 4.90 Å². The highest BCUT2D eigenvalue weighted by Gasteiger charge is 2.31. The number of nitrogens with zero attached hydrogens (tertiary/aromatic N) is 2. The maximum atomic E-state index is 13.1. The van der Waals surface area contributed by atoms with E-state index in [1.165, 1.54) is 12.3 Å². The summed E-state index contributed by atoms with van der Waals surface area (Å²) in [6, 6.07) is 8.42. The molecule has 8 heteroatoms. The van der Waals surface area contributed by atoms with Crippen LogP contribution in [-0.4, -0.2) is 32.5 Å². The second-order valence-electron chi connectivity index (χ2n) is 5.72. The molecule has 0 amide bonds. The lowest BCUT2D eigenvalue weighted by Crippen LogP contribution is -2.36. The van der Waals surface area contributed by atoms with E-state index in [0.29, 0.717) is 47.6 Å². The van der Waals surface area contributed by atoms with Gasteiger partial charge in [-0.05, 0) is 30.3 Å². The quantitative estimate of drug-likeness (QED) is 0.624. The Morgan fingerprint density at radius 1 is 1.04 bits per heavy atom. The highest BCUT2D eigenvalue weighted by atomic mass is 35.5. The van der Waals surface area contributed by atoms with Crippen LogP contribution in [0.4, 0.5) is 24.5 Å². The van der Waals surface area contributed by atoms with Gasteiger partial charge in [-0.3, -0.25) is 4.99 Å². The van der Waals surface area contributed by atoms with Crippen molar-refractivity contribution in [3.05, 3.63) is 57.6 Å². The van der Waals surface area contributed by atoms with E-state index in [-0.39, 0.29) is 5.69 Å². The maximum absolute atomic E-state index is 13.1. The van der Waals surface area contributed by atoms with Crippen molar-refractivity contribution >= 4 is 40.8 Å². The minimum atomic E-state index is -4.44. The van der Waals surface area contributed by atoms with Gasteiger partial charge in [0.1, 0.15) is 0 Å². The van der Waals surface area contributed by atoms with Crippen molar-refractivity contribution in [2.45, 2.75) is 6.18 Å². The van der Waals surface area contributed by atoms with Gasteiger partial charge < -0.3 is 9.64 Å². The molecule has 0 bridgehead atoms. The minimum absolute atomic E-state index is 0.229. The van der Waals surface area contributed by atoms with Crippen LogP contribution in [0, 0.1) is 0 Å². The average molecular weight is 403 g/mol. The Bertz CT molecular complexity index is 819. The summed E-state index contributed by atoms with van der Waals surface area (Å²) in [6.07, 6.45) is -3.00. The second-order valence-corrected chi connectivity index (χ2v) is 6.57. The number of hydrogen-bond donors (Lipinski definition) is 0. The van der Waals surface area contributed by atoms with Gasteiger partial charge in [0, 0.05) is 29.9 Å². The van der Waals surface area contributed by atoms with Crippen molar-refractivity contribution in [1.29, 1.82) is 0 Å². The molecule has 26 heavy (non-hydrogen) atoms. The van der Waals surface area contributed by atoms with Crippen molar-refractivity contribution in [2.24, 2.45) is 4.99 Å². The summed E-state index contributed by atoms with van der Waals surface area (Å²) in [5.74, 6) is 0. The molecular formula is C18H15Cl2F3N2O. The zero-order chi connectivity index (χ0) is 18.7. The number of alkyl halides is 3. The Morgan fingerprint density at radius 2 is 1.77 bits per heavy atom. The molecule has 0 atom stereocenters. The standard InChI is InChI=1S/C18H15Cl2F3N2O/c19-14-3-1-12(15(20)10-14)11-24-16-9-13(18(21,22)23)2-4-17(16)25-5-7-26-8-6-25/h1-4,9-11H,5-8H2. The second kappa shape index (κ2) is 7.86. The van der Waals surface area contributed by atoms with Gasteiger partial charge in [0.25, 0.3) is 0 Å². The van der Waals surface area contributed by atoms with Crippen LogP contribution in [0.15, 0.2) is 41.4 Å². The zero-order valence-electron chi connectivity index (χ0n) is 13.6. The lowest BCUT2D eigenvalue weighted by Gasteiger charge is -2.30. The molecule has 0 saturated carbocycles. The third-order valence-electron chi connectivity index (χ3n) is 3.96. The predicted octanol–water partition coefficient (Wildman–Crippen LogP) is 5.60. The molecule has 0 N–H and O–H groups in total. The molecule has 0 spiro atoms. The highest BCUT2D eigenvalue weighted by molar-refractivity contribution is 6.36. The van der Waals surface area contributed by atoms with Crippen molar-refractivity contribution in [1.82, 2.24) is 0 Å². The first-order valence-electron chi connectivity index (χ1n) is 7.87. The van der Waals surface area contributed by atoms with Crippen molar-refractivity contribution in [3.63, 3.8) is 0 Å². The molecule has 2 aromatic carbocycles. The van der Waals surface area contributed by atoms with Crippen molar-refractivity contribution in [3.8, 4) is 0 Å². The molecule has 1 heterocycles. The van der Waals surface area contributed by atoms with Gasteiger partial charge in [-0.2, -0.15) is 13.2 Å². The van der Waals surface area contributed by atoms with E-state index >= 15 is 0 Å². The molecule has 1 saturated heterocycles. The van der Waals surface area contributed by atoms with Gasteiger partial charge in [-0.1, -0.05) is 29.3 Å². The van der Waals surface area contributed by atoms with E-state index < -0.39 is 11.7 Å². The number of rotatable bonds is 3. The number of benzene rings is 2. The molecule has 1 aliphatic heterocycles. The van der Waals surface area contributed by atoms with Crippen LogP contribution in [0.2, 0.25) is 10.0 Å². The van der Waals surface area contributed by atoms with Crippen LogP contribution >= 0.6 is 23.2 Å². The summed E-state index contributed by atoms with van der Waals surface area (Å²) in [5.41, 5.74) is 0.681. The van der Waals surface area contributed by atoms with Crippen LogP contribution in [-0.2, 0) is 10.9 Å². The normalized spacial score (nSPS) is 15.7. The summed E-state index contributed by atoms with van der Waals surface area (Å²) >= 11 is 12.0. The first kappa shape index (κ1) is 19.0. The zero-order valence-corrected chi connectivity index (χ0v) is 15.1. The molecule has 1 aliphatic rings. The molecule has 3 nitrogen and oxygen atoms in total. The van der Waals surface area contributed by atoms with E-state index in [4.69, 9.17) is 27.9 Å². The predicted molar refractivity (Wildman–Crippen MR) is 98.2 cm³/mol. The minimum Gasteiger partial charge on any atom is -0.378 e. The molecule has 138 valence electrons. The number of ether oxygens (including phenoxy) is 1. The van der Waals surface area contributed by atoms with Gasteiger partial charge in [0.2, 0.25) is 0 Å².